The number of hydrogen-bond donors (Lipinski definition) is 2. The fourth-order valence-electron chi connectivity index (χ4n) is 1.99. The summed E-state index contributed by atoms with van der Waals surface area (Å²) >= 11 is 1.55. The van der Waals surface area contributed by atoms with Crippen LogP contribution in [0.2, 0.25) is 0 Å². The van der Waals surface area contributed by atoms with Gasteiger partial charge in [0.25, 0.3) is 10.2 Å². The van der Waals surface area contributed by atoms with E-state index in [1.54, 1.807) is 11.3 Å². The highest BCUT2D eigenvalue weighted by Crippen LogP contribution is 2.18. The van der Waals surface area contributed by atoms with Crippen LogP contribution in [0.25, 0.3) is 0 Å². The van der Waals surface area contributed by atoms with Crippen LogP contribution in [0.3, 0.4) is 0 Å². The van der Waals surface area contributed by atoms with Crippen molar-refractivity contribution in [2.45, 2.75) is 19.4 Å². The minimum atomic E-state index is -3.38. The van der Waals surface area contributed by atoms with Crippen molar-refractivity contribution in [1.29, 1.82) is 0 Å². The van der Waals surface area contributed by atoms with Crippen molar-refractivity contribution in [3.8, 4) is 0 Å². The number of aliphatic hydroxyl groups excluding tert-OH is 1. The molecule has 18 heavy (non-hydrogen) atoms. The second kappa shape index (κ2) is 6.12. The van der Waals surface area contributed by atoms with Gasteiger partial charge in [0.05, 0.1) is 0 Å². The Bertz CT molecular complexity index is 451. The Balaban J connectivity index is 1.87. The Labute approximate surface area is 112 Å². The summed E-state index contributed by atoms with van der Waals surface area (Å²) in [7, 11) is -3.38. The van der Waals surface area contributed by atoms with Crippen LogP contribution in [0.5, 0.6) is 0 Å². The van der Waals surface area contributed by atoms with E-state index in [1.807, 2.05) is 16.8 Å². The van der Waals surface area contributed by atoms with Gasteiger partial charge in [0.1, 0.15) is 0 Å². The van der Waals surface area contributed by atoms with Gasteiger partial charge >= 0.3 is 0 Å². The maximum absolute atomic E-state index is 12.0. The zero-order valence-electron chi connectivity index (χ0n) is 10.1. The van der Waals surface area contributed by atoms with E-state index in [9.17, 15) is 8.42 Å². The SMILES string of the molecule is O=S(=O)(NCc1ccsc1)N1CCC(CO)CC1. The van der Waals surface area contributed by atoms with Crippen LogP contribution in [-0.4, -0.2) is 37.5 Å². The lowest BCUT2D eigenvalue weighted by Crippen LogP contribution is -2.45. The molecule has 2 heterocycles. The van der Waals surface area contributed by atoms with Crippen molar-refractivity contribution in [2.75, 3.05) is 19.7 Å². The highest BCUT2D eigenvalue weighted by molar-refractivity contribution is 7.87. The van der Waals surface area contributed by atoms with Gasteiger partial charge in [-0.25, -0.2) is 0 Å². The van der Waals surface area contributed by atoms with E-state index in [0.717, 1.165) is 18.4 Å². The molecule has 1 saturated heterocycles. The fourth-order valence-corrected chi connectivity index (χ4v) is 3.88. The first-order chi connectivity index (χ1) is 8.62. The van der Waals surface area contributed by atoms with E-state index in [1.165, 1.54) is 4.31 Å². The number of hydrogen-bond acceptors (Lipinski definition) is 4. The predicted octanol–water partition coefficient (Wildman–Crippen LogP) is 0.787. The molecule has 1 fully saturated rings. The monoisotopic (exact) mass is 290 g/mol. The van der Waals surface area contributed by atoms with Gasteiger partial charge in [-0.2, -0.15) is 28.8 Å². The Morgan fingerprint density at radius 2 is 2.17 bits per heavy atom. The maximum atomic E-state index is 12.0. The van der Waals surface area contributed by atoms with Gasteiger partial charge in [-0.1, -0.05) is 0 Å². The summed E-state index contributed by atoms with van der Waals surface area (Å²) in [5.41, 5.74) is 0.980. The maximum Gasteiger partial charge on any atom is 0.279 e. The Morgan fingerprint density at radius 1 is 1.44 bits per heavy atom. The van der Waals surface area contributed by atoms with Crippen LogP contribution in [0.1, 0.15) is 18.4 Å². The molecule has 1 aromatic heterocycles. The smallest absolute Gasteiger partial charge is 0.279 e. The van der Waals surface area contributed by atoms with Crippen molar-refractivity contribution in [2.24, 2.45) is 5.92 Å². The van der Waals surface area contributed by atoms with E-state index >= 15 is 0 Å². The molecule has 0 amide bonds. The van der Waals surface area contributed by atoms with Crippen molar-refractivity contribution < 1.29 is 13.5 Å². The number of nitrogens with zero attached hydrogens (tertiary/aromatic N) is 1. The molecule has 2 rings (SSSR count). The van der Waals surface area contributed by atoms with Gasteiger partial charge in [0, 0.05) is 26.2 Å². The molecule has 102 valence electrons. The largest absolute Gasteiger partial charge is 0.396 e. The fraction of sp³-hybridized carbons (Fsp3) is 0.636. The van der Waals surface area contributed by atoms with Gasteiger partial charge in [-0.15, -0.1) is 0 Å². The molecule has 1 aliphatic heterocycles. The second-order valence-corrected chi connectivity index (χ2v) is 7.02. The normalized spacial score (nSPS) is 19.2. The van der Waals surface area contributed by atoms with Crippen molar-refractivity contribution in [1.82, 2.24) is 9.03 Å². The zero-order chi connectivity index (χ0) is 13.0. The molecular formula is C11H18N2O3S2. The Hall–Kier alpha value is -0.470. The molecular weight excluding hydrogens is 272 g/mol. The van der Waals surface area contributed by atoms with E-state index in [2.05, 4.69) is 4.72 Å². The molecule has 0 saturated carbocycles. The summed E-state index contributed by atoms with van der Waals surface area (Å²) in [6.45, 7) is 1.47. The van der Waals surface area contributed by atoms with Gasteiger partial charge in [-0.05, 0) is 41.1 Å². The topological polar surface area (TPSA) is 69.6 Å². The quantitative estimate of drug-likeness (QED) is 0.842. The Kier molecular flexibility index (Phi) is 4.74. The van der Waals surface area contributed by atoms with E-state index in [4.69, 9.17) is 5.11 Å². The number of nitrogens with one attached hydrogen (secondary N) is 1. The number of piperidine rings is 1. The average molecular weight is 290 g/mol. The lowest BCUT2D eigenvalue weighted by molar-refractivity contribution is 0.169. The first-order valence-electron chi connectivity index (χ1n) is 5.98. The third-order valence-corrected chi connectivity index (χ3v) is 5.50. The average Bonchev–Trinajstić information content (AvgIpc) is 2.90. The lowest BCUT2D eigenvalue weighted by atomic mass is 10.00. The van der Waals surface area contributed by atoms with Crippen LogP contribution in [0.4, 0.5) is 0 Å². The minimum absolute atomic E-state index is 0.149. The summed E-state index contributed by atoms with van der Waals surface area (Å²) in [6, 6.07) is 1.91. The van der Waals surface area contributed by atoms with Gasteiger partial charge in [0.15, 0.2) is 0 Å². The molecule has 0 aliphatic carbocycles. The summed E-state index contributed by atoms with van der Waals surface area (Å²) < 4.78 is 28.1. The minimum Gasteiger partial charge on any atom is -0.396 e. The molecule has 0 unspecified atom stereocenters. The molecule has 5 nitrogen and oxygen atoms in total. The first kappa shape index (κ1) is 14.0. The molecule has 0 bridgehead atoms. The number of rotatable bonds is 5. The molecule has 0 radical (unpaired) electrons. The predicted molar refractivity (Wildman–Crippen MR) is 71.5 cm³/mol. The van der Waals surface area contributed by atoms with E-state index in [0.29, 0.717) is 19.6 Å². The first-order valence-corrected chi connectivity index (χ1v) is 8.37. The third kappa shape index (κ3) is 3.52. The Morgan fingerprint density at radius 3 is 2.72 bits per heavy atom. The van der Waals surface area contributed by atoms with E-state index < -0.39 is 10.2 Å². The second-order valence-electron chi connectivity index (χ2n) is 4.48. The van der Waals surface area contributed by atoms with Crippen LogP contribution in [-0.2, 0) is 16.8 Å². The molecule has 0 atom stereocenters. The van der Waals surface area contributed by atoms with Crippen molar-refractivity contribution in [3.63, 3.8) is 0 Å². The summed E-state index contributed by atoms with van der Waals surface area (Å²) in [6.07, 6.45) is 1.46. The molecule has 1 aromatic rings. The van der Waals surface area contributed by atoms with Crippen LogP contribution in [0, 0.1) is 5.92 Å². The summed E-state index contributed by atoms with van der Waals surface area (Å²) in [4.78, 5) is 0. The highest BCUT2D eigenvalue weighted by Gasteiger charge is 2.27. The highest BCUT2D eigenvalue weighted by atomic mass is 32.2. The van der Waals surface area contributed by atoms with Gasteiger partial charge in [-0.3, -0.25) is 0 Å². The van der Waals surface area contributed by atoms with Crippen molar-refractivity contribution >= 4 is 21.5 Å². The standard InChI is InChI=1S/C11H18N2O3S2/c14-8-10-1-4-13(5-2-10)18(15,16)12-7-11-3-6-17-9-11/h3,6,9-10,12,14H,1-2,4-5,7-8H2. The van der Waals surface area contributed by atoms with Crippen LogP contribution < -0.4 is 4.72 Å². The van der Waals surface area contributed by atoms with Crippen molar-refractivity contribution in [3.05, 3.63) is 22.4 Å². The zero-order valence-corrected chi connectivity index (χ0v) is 11.7. The number of aliphatic hydroxyl groups is 1. The summed E-state index contributed by atoms with van der Waals surface area (Å²) in [5.74, 6) is 0.244. The molecule has 2 N–H and O–H groups in total. The third-order valence-electron chi connectivity index (χ3n) is 3.21. The number of thiophene rings is 1. The van der Waals surface area contributed by atoms with Crippen LogP contribution >= 0.6 is 11.3 Å². The lowest BCUT2D eigenvalue weighted by Gasteiger charge is -2.30. The van der Waals surface area contributed by atoms with Gasteiger partial charge < -0.3 is 5.11 Å². The van der Waals surface area contributed by atoms with Gasteiger partial charge in [0.2, 0.25) is 0 Å². The van der Waals surface area contributed by atoms with E-state index in [-0.39, 0.29) is 12.5 Å². The molecule has 7 heteroatoms. The van der Waals surface area contributed by atoms with Crippen LogP contribution in [0.15, 0.2) is 16.8 Å². The summed E-state index contributed by atoms with van der Waals surface area (Å²) in [5, 5.41) is 12.9. The molecule has 0 aromatic carbocycles. The molecule has 1 aliphatic rings. The molecule has 0 spiro atoms.